The van der Waals surface area contributed by atoms with Crippen LogP contribution in [0.4, 0.5) is 5.69 Å². The predicted octanol–water partition coefficient (Wildman–Crippen LogP) is 2.75. The second-order valence-corrected chi connectivity index (χ2v) is 5.41. The van der Waals surface area contributed by atoms with Gasteiger partial charge >= 0.3 is 0 Å². The van der Waals surface area contributed by atoms with Crippen LogP contribution in [0.2, 0.25) is 0 Å². The van der Waals surface area contributed by atoms with E-state index < -0.39 is 0 Å². The van der Waals surface area contributed by atoms with E-state index >= 15 is 0 Å². The molecule has 0 unspecified atom stereocenters. The summed E-state index contributed by atoms with van der Waals surface area (Å²) in [5.74, 6) is 0.460. The van der Waals surface area contributed by atoms with Gasteiger partial charge in [-0.25, -0.2) is 4.68 Å². The maximum absolute atomic E-state index is 12.5. The predicted molar refractivity (Wildman–Crippen MR) is 88.1 cm³/mol. The number of tetrazole rings is 1. The minimum absolute atomic E-state index is 0.157. The Morgan fingerprint density at radius 1 is 1.13 bits per heavy atom. The molecule has 23 heavy (non-hydrogen) atoms. The molecule has 0 bridgehead atoms. The molecule has 116 valence electrons. The van der Waals surface area contributed by atoms with Crippen LogP contribution in [0.15, 0.2) is 42.5 Å². The molecular formula is C17H17N5O. The largest absolute Gasteiger partial charge is 0.322 e. The summed E-state index contributed by atoms with van der Waals surface area (Å²) in [6.45, 7) is 4.01. The lowest BCUT2D eigenvalue weighted by Crippen LogP contribution is -2.13. The van der Waals surface area contributed by atoms with Gasteiger partial charge in [0.25, 0.3) is 5.91 Å². The first-order valence-electron chi connectivity index (χ1n) is 7.26. The minimum atomic E-state index is -0.157. The molecule has 0 saturated heterocycles. The number of carbonyl (C=O) groups excluding carboxylic acids is 1. The van der Waals surface area contributed by atoms with Crippen LogP contribution in [0.1, 0.15) is 21.5 Å². The molecule has 2 aromatic carbocycles. The van der Waals surface area contributed by atoms with Gasteiger partial charge in [0.2, 0.25) is 0 Å². The van der Waals surface area contributed by atoms with E-state index in [9.17, 15) is 4.79 Å². The van der Waals surface area contributed by atoms with Gasteiger partial charge < -0.3 is 5.32 Å². The molecule has 0 fully saturated rings. The maximum Gasteiger partial charge on any atom is 0.255 e. The first-order chi connectivity index (χ1) is 11.1. The van der Waals surface area contributed by atoms with Gasteiger partial charge in [0.1, 0.15) is 0 Å². The van der Waals surface area contributed by atoms with Crippen molar-refractivity contribution in [1.82, 2.24) is 20.2 Å². The third-order valence-electron chi connectivity index (χ3n) is 3.86. The van der Waals surface area contributed by atoms with E-state index in [-0.39, 0.29) is 5.91 Å². The van der Waals surface area contributed by atoms with Crippen molar-refractivity contribution in [2.45, 2.75) is 13.8 Å². The lowest BCUT2D eigenvalue weighted by molar-refractivity contribution is 0.102. The Bertz CT molecular complexity index is 869. The molecule has 6 nitrogen and oxygen atoms in total. The summed E-state index contributed by atoms with van der Waals surface area (Å²) >= 11 is 0. The molecule has 3 aromatic rings. The van der Waals surface area contributed by atoms with E-state index in [1.807, 2.05) is 44.2 Å². The van der Waals surface area contributed by atoms with Crippen molar-refractivity contribution in [2.24, 2.45) is 7.05 Å². The van der Waals surface area contributed by atoms with Gasteiger partial charge in [-0.3, -0.25) is 4.79 Å². The average molecular weight is 307 g/mol. The monoisotopic (exact) mass is 307 g/mol. The molecule has 0 aliphatic heterocycles. The van der Waals surface area contributed by atoms with Gasteiger partial charge in [0.05, 0.1) is 0 Å². The quantitative estimate of drug-likeness (QED) is 0.807. The number of anilines is 1. The van der Waals surface area contributed by atoms with Crippen molar-refractivity contribution in [2.75, 3.05) is 5.32 Å². The normalized spacial score (nSPS) is 10.6. The summed E-state index contributed by atoms with van der Waals surface area (Å²) in [6.07, 6.45) is 0. The Morgan fingerprint density at radius 3 is 2.65 bits per heavy atom. The third kappa shape index (κ3) is 2.96. The number of nitrogens with one attached hydrogen (secondary N) is 1. The Labute approximate surface area is 134 Å². The Hall–Kier alpha value is -3.02. The molecule has 0 atom stereocenters. The second-order valence-electron chi connectivity index (χ2n) is 5.41. The highest BCUT2D eigenvalue weighted by Crippen LogP contribution is 2.21. The smallest absolute Gasteiger partial charge is 0.255 e. The average Bonchev–Trinajstić information content (AvgIpc) is 2.98. The van der Waals surface area contributed by atoms with E-state index in [1.54, 1.807) is 23.9 Å². The number of aryl methyl sites for hydroxylation is 2. The standard InChI is InChI=1S/C17H17N5O/c1-11-6-4-9-15(12(11)2)18-17(23)14-8-5-7-13(10-14)16-19-20-21-22(16)3/h4-10H,1-3H3,(H,18,23). The first-order valence-corrected chi connectivity index (χ1v) is 7.26. The van der Waals surface area contributed by atoms with Crippen LogP contribution in [0.5, 0.6) is 0 Å². The highest BCUT2D eigenvalue weighted by Gasteiger charge is 2.12. The van der Waals surface area contributed by atoms with Crippen molar-refractivity contribution < 1.29 is 4.79 Å². The van der Waals surface area contributed by atoms with E-state index in [0.29, 0.717) is 11.4 Å². The number of hydrogen-bond acceptors (Lipinski definition) is 4. The number of aromatic nitrogens is 4. The van der Waals surface area contributed by atoms with Crippen LogP contribution in [-0.4, -0.2) is 26.1 Å². The summed E-state index contributed by atoms with van der Waals surface area (Å²) < 4.78 is 1.57. The van der Waals surface area contributed by atoms with Crippen LogP contribution in [0.3, 0.4) is 0 Å². The number of rotatable bonds is 3. The zero-order valence-corrected chi connectivity index (χ0v) is 13.2. The highest BCUT2D eigenvalue weighted by molar-refractivity contribution is 6.05. The fourth-order valence-electron chi connectivity index (χ4n) is 2.35. The molecule has 0 radical (unpaired) electrons. The Kier molecular flexibility index (Phi) is 3.89. The molecule has 1 N–H and O–H groups in total. The third-order valence-corrected chi connectivity index (χ3v) is 3.86. The molecule has 3 rings (SSSR count). The second kappa shape index (κ2) is 6.00. The Morgan fingerprint density at radius 2 is 1.91 bits per heavy atom. The van der Waals surface area contributed by atoms with Gasteiger partial charge in [0.15, 0.2) is 5.82 Å². The summed E-state index contributed by atoms with van der Waals surface area (Å²) in [7, 11) is 1.76. The number of hydrogen-bond donors (Lipinski definition) is 1. The number of amides is 1. The van der Waals surface area contributed by atoms with Crippen LogP contribution in [-0.2, 0) is 7.05 Å². The summed E-state index contributed by atoms with van der Waals surface area (Å²) in [4.78, 5) is 12.5. The fourth-order valence-corrected chi connectivity index (χ4v) is 2.35. The number of nitrogens with zero attached hydrogens (tertiary/aromatic N) is 4. The molecule has 1 heterocycles. The molecule has 6 heteroatoms. The van der Waals surface area contributed by atoms with Crippen LogP contribution < -0.4 is 5.32 Å². The van der Waals surface area contributed by atoms with Crippen molar-refractivity contribution in [3.63, 3.8) is 0 Å². The topological polar surface area (TPSA) is 72.7 Å². The minimum Gasteiger partial charge on any atom is -0.322 e. The zero-order chi connectivity index (χ0) is 16.4. The van der Waals surface area contributed by atoms with Crippen LogP contribution in [0, 0.1) is 13.8 Å². The lowest BCUT2D eigenvalue weighted by atomic mass is 10.1. The summed E-state index contributed by atoms with van der Waals surface area (Å²) in [6, 6.07) is 13.1. The first kappa shape index (κ1) is 14.9. The number of carbonyl (C=O) groups is 1. The number of benzene rings is 2. The van der Waals surface area contributed by atoms with E-state index in [2.05, 4.69) is 20.8 Å². The lowest BCUT2D eigenvalue weighted by Gasteiger charge is -2.11. The molecule has 0 spiro atoms. The zero-order valence-electron chi connectivity index (χ0n) is 13.2. The summed E-state index contributed by atoms with van der Waals surface area (Å²) in [5.41, 5.74) is 4.38. The van der Waals surface area contributed by atoms with Gasteiger partial charge in [-0.05, 0) is 53.6 Å². The fraction of sp³-hybridized carbons (Fsp3) is 0.176. The maximum atomic E-state index is 12.5. The molecule has 0 aliphatic rings. The van der Waals surface area contributed by atoms with Crippen LogP contribution >= 0.6 is 0 Å². The molecule has 0 saturated carbocycles. The van der Waals surface area contributed by atoms with E-state index in [0.717, 1.165) is 22.4 Å². The van der Waals surface area contributed by atoms with Gasteiger partial charge in [-0.15, -0.1) is 5.10 Å². The highest BCUT2D eigenvalue weighted by atomic mass is 16.1. The van der Waals surface area contributed by atoms with E-state index in [4.69, 9.17) is 0 Å². The molecule has 0 aliphatic carbocycles. The van der Waals surface area contributed by atoms with Crippen molar-refractivity contribution >= 4 is 11.6 Å². The van der Waals surface area contributed by atoms with Gasteiger partial charge in [-0.1, -0.05) is 24.3 Å². The van der Waals surface area contributed by atoms with Gasteiger partial charge in [0, 0.05) is 23.9 Å². The Balaban J connectivity index is 1.89. The van der Waals surface area contributed by atoms with Crippen molar-refractivity contribution in [3.8, 4) is 11.4 Å². The van der Waals surface area contributed by atoms with Crippen molar-refractivity contribution in [3.05, 3.63) is 59.2 Å². The molecule has 1 aromatic heterocycles. The van der Waals surface area contributed by atoms with E-state index in [1.165, 1.54) is 0 Å². The van der Waals surface area contributed by atoms with Gasteiger partial charge in [-0.2, -0.15) is 0 Å². The van der Waals surface area contributed by atoms with Crippen molar-refractivity contribution in [1.29, 1.82) is 0 Å². The molecule has 1 amide bonds. The summed E-state index contributed by atoms with van der Waals surface area (Å²) in [5, 5.41) is 14.4. The van der Waals surface area contributed by atoms with Crippen LogP contribution in [0.25, 0.3) is 11.4 Å². The SMILES string of the molecule is Cc1cccc(NC(=O)c2cccc(-c3nnnn3C)c2)c1C. The molecular weight excluding hydrogens is 290 g/mol.